The zero-order valence-corrected chi connectivity index (χ0v) is 20.0. The highest BCUT2D eigenvalue weighted by Crippen LogP contribution is 2.29. The van der Waals surface area contributed by atoms with Gasteiger partial charge in [-0.15, -0.1) is 0 Å². The van der Waals surface area contributed by atoms with Crippen molar-refractivity contribution in [3.63, 3.8) is 0 Å². The molecule has 2 aromatic heterocycles. The number of aromatic nitrogens is 3. The fraction of sp³-hybridized carbons (Fsp3) is 0.321. The molecule has 0 unspecified atom stereocenters. The van der Waals surface area contributed by atoms with Crippen LogP contribution in [0.15, 0.2) is 55.0 Å². The number of nitrogens with zero attached hydrogens (tertiary/aromatic N) is 3. The van der Waals surface area contributed by atoms with E-state index in [4.69, 9.17) is 0 Å². The van der Waals surface area contributed by atoms with Crippen molar-refractivity contribution in [3.05, 3.63) is 83.1 Å². The molecule has 0 aliphatic heterocycles. The maximum atomic E-state index is 15.1. The Labute approximate surface area is 203 Å². The maximum absolute atomic E-state index is 15.1. The average molecular weight is 473 g/mol. The van der Waals surface area contributed by atoms with Crippen LogP contribution >= 0.6 is 0 Å². The third-order valence-electron chi connectivity index (χ3n) is 7.03. The van der Waals surface area contributed by atoms with E-state index in [9.17, 15) is 9.90 Å². The minimum absolute atomic E-state index is 0.256. The zero-order chi connectivity index (χ0) is 24.5. The van der Waals surface area contributed by atoms with Crippen molar-refractivity contribution in [2.75, 3.05) is 0 Å². The first-order chi connectivity index (χ1) is 16.9. The van der Waals surface area contributed by atoms with Gasteiger partial charge in [0, 0.05) is 36.8 Å². The van der Waals surface area contributed by atoms with Crippen LogP contribution in [0.5, 0.6) is 0 Å². The molecular formula is C28H29FN4O2. The van der Waals surface area contributed by atoms with Crippen LogP contribution in [-0.4, -0.2) is 37.9 Å². The van der Waals surface area contributed by atoms with Gasteiger partial charge in [0.25, 0.3) is 5.91 Å². The maximum Gasteiger partial charge on any atom is 0.253 e. The Kier molecular flexibility index (Phi) is 6.34. The first kappa shape index (κ1) is 23.2. The smallest absolute Gasteiger partial charge is 0.253 e. The highest BCUT2D eigenvalue weighted by atomic mass is 19.1. The van der Waals surface area contributed by atoms with Crippen molar-refractivity contribution in [1.29, 1.82) is 0 Å². The third kappa shape index (κ3) is 4.68. The summed E-state index contributed by atoms with van der Waals surface area (Å²) >= 11 is 0. The number of aliphatic hydroxyl groups excluding tert-OH is 1. The van der Waals surface area contributed by atoms with E-state index in [-0.39, 0.29) is 17.8 Å². The lowest BCUT2D eigenvalue weighted by atomic mass is 9.91. The Balaban J connectivity index is 1.49. The van der Waals surface area contributed by atoms with E-state index in [1.54, 1.807) is 23.1 Å². The molecule has 1 saturated carbocycles. The lowest BCUT2D eigenvalue weighted by molar-refractivity contribution is 0.0718. The molecule has 7 heteroatoms. The SMILES string of the molecule is Cc1c(Cc2ccc(-c3cnn(C)c3)cc2F)cc(C(=O)N[C@H]2CCCC[C@@H]2O)c2ncccc12. The van der Waals surface area contributed by atoms with E-state index in [2.05, 4.69) is 15.4 Å². The number of amides is 1. The summed E-state index contributed by atoms with van der Waals surface area (Å²) in [6.45, 7) is 1.98. The molecule has 2 N–H and O–H groups in total. The largest absolute Gasteiger partial charge is 0.391 e. The molecule has 4 aromatic rings. The number of benzene rings is 2. The van der Waals surface area contributed by atoms with Crippen molar-refractivity contribution in [2.45, 2.75) is 51.2 Å². The number of pyridine rings is 1. The second-order valence-corrected chi connectivity index (χ2v) is 9.43. The van der Waals surface area contributed by atoms with Gasteiger partial charge in [-0.05, 0) is 60.2 Å². The minimum atomic E-state index is -0.538. The van der Waals surface area contributed by atoms with Gasteiger partial charge < -0.3 is 10.4 Å². The topological polar surface area (TPSA) is 80.0 Å². The van der Waals surface area contributed by atoms with Gasteiger partial charge in [0.05, 0.1) is 29.4 Å². The number of aryl methyl sites for hydroxylation is 2. The number of nitrogens with one attached hydrogen (secondary N) is 1. The van der Waals surface area contributed by atoms with Gasteiger partial charge in [-0.2, -0.15) is 5.10 Å². The van der Waals surface area contributed by atoms with E-state index >= 15 is 4.39 Å². The second kappa shape index (κ2) is 9.58. The predicted molar refractivity (Wildman–Crippen MR) is 134 cm³/mol. The van der Waals surface area contributed by atoms with Gasteiger partial charge in [0.1, 0.15) is 5.82 Å². The second-order valence-electron chi connectivity index (χ2n) is 9.43. The predicted octanol–water partition coefficient (Wildman–Crippen LogP) is 4.71. The lowest BCUT2D eigenvalue weighted by Crippen LogP contribution is -2.45. The molecule has 2 heterocycles. The fourth-order valence-corrected chi connectivity index (χ4v) is 4.97. The Morgan fingerprint density at radius 3 is 2.74 bits per heavy atom. The van der Waals surface area contributed by atoms with Gasteiger partial charge in [0.15, 0.2) is 0 Å². The summed E-state index contributed by atoms with van der Waals surface area (Å²) < 4.78 is 16.8. The van der Waals surface area contributed by atoms with E-state index in [1.165, 1.54) is 6.07 Å². The van der Waals surface area contributed by atoms with E-state index < -0.39 is 6.10 Å². The molecule has 0 radical (unpaired) electrons. The number of hydrogen-bond donors (Lipinski definition) is 2. The van der Waals surface area contributed by atoms with E-state index in [1.807, 2.05) is 44.4 Å². The van der Waals surface area contributed by atoms with Gasteiger partial charge in [0.2, 0.25) is 0 Å². The van der Waals surface area contributed by atoms with Gasteiger partial charge in [-0.25, -0.2) is 4.39 Å². The molecule has 2 atom stereocenters. The molecule has 2 aromatic carbocycles. The summed E-state index contributed by atoms with van der Waals surface area (Å²) in [5.41, 5.74) is 5.08. The minimum Gasteiger partial charge on any atom is -0.391 e. The first-order valence-corrected chi connectivity index (χ1v) is 12.0. The molecule has 6 nitrogen and oxygen atoms in total. The fourth-order valence-electron chi connectivity index (χ4n) is 4.97. The number of rotatable bonds is 5. The molecule has 1 aliphatic rings. The Morgan fingerprint density at radius 2 is 2.00 bits per heavy atom. The highest BCUT2D eigenvalue weighted by molar-refractivity contribution is 6.06. The van der Waals surface area contributed by atoms with Crippen LogP contribution in [0.3, 0.4) is 0 Å². The molecule has 5 rings (SSSR count). The Morgan fingerprint density at radius 1 is 1.17 bits per heavy atom. The third-order valence-corrected chi connectivity index (χ3v) is 7.03. The summed E-state index contributed by atoms with van der Waals surface area (Å²) in [6.07, 6.45) is 8.44. The number of carbonyl (C=O) groups excluding carboxylic acids is 1. The summed E-state index contributed by atoms with van der Waals surface area (Å²) in [6, 6.07) is 10.6. The van der Waals surface area contributed by atoms with Crippen LogP contribution in [0.1, 0.15) is 52.7 Å². The Bertz CT molecular complexity index is 1400. The highest BCUT2D eigenvalue weighted by Gasteiger charge is 2.26. The van der Waals surface area contributed by atoms with Gasteiger partial charge in [-0.1, -0.05) is 31.0 Å². The molecule has 1 aliphatic carbocycles. The van der Waals surface area contributed by atoms with Crippen molar-refractivity contribution in [2.24, 2.45) is 7.05 Å². The van der Waals surface area contributed by atoms with Gasteiger partial charge in [-0.3, -0.25) is 14.5 Å². The molecular weight excluding hydrogens is 443 g/mol. The molecule has 0 saturated heterocycles. The van der Waals surface area contributed by atoms with Crippen LogP contribution in [0.25, 0.3) is 22.0 Å². The molecule has 0 bridgehead atoms. The summed E-state index contributed by atoms with van der Waals surface area (Å²) in [5, 5.41) is 18.4. The van der Waals surface area contributed by atoms with Crippen LogP contribution in [0.4, 0.5) is 4.39 Å². The average Bonchev–Trinajstić information content (AvgIpc) is 3.29. The van der Waals surface area contributed by atoms with Crippen molar-refractivity contribution in [1.82, 2.24) is 20.1 Å². The van der Waals surface area contributed by atoms with Crippen LogP contribution < -0.4 is 5.32 Å². The molecule has 180 valence electrons. The number of carbonyl (C=O) groups is 1. The molecule has 1 fully saturated rings. The van der Waals surface area contributed by atoms with Crippen molar-refractivity contribution >= 4 is 16.8 Å². The standard InChI is InChI=1S/C28H29FN4O2/c1-17-20(12-19-10-9-18(14-24(19)29)21-15-31-33(2)16-21)13-23(27-22(17)6-5-11-30-27)28(35)32-25-7-3-4-8-26(25)34/h5-6,9-11,13-16,25-26,34H,3-4,7-8,12H2,1-2H3,(H,32,35)/t25-,26-/m0/s1. The number of halogens is 1. The van der Waals surface area contributed by atoms with Crippen LogP contribution in [0, 0.1) is 12.7 Å². The number of fused-ring (bicyclic) bond motifs is 1. The summed E-state index contributed by atoms with van der Waals surface area (Å²) in [4.78, 5) is 17.8. The number of hydrogen-bond acceptors (Lipinski definition) is 4. The first-order valence-electron chi connectivity index (χ1n) is 12.0. The van der Waals surface area contributed by atoms with Gasteiger partial charge >= 0.3 is 0 Å². The quantitative estimate of drug-likeness (QED) is 0.441. The van der Waals surface area contributed by atoms with E-state index in [0.717, 1.165) is 46.9 Å². The van der Waals surface area contributed by atoms with Crippen LogP contribution in [-0.2, 0) is 13.5 Å². The normalized spacial score (nSPS) is 18.1. The van der Waals surface area contributed by atoms with Crippen LogP contribution in [0.2, 0.25) is 0 Å². The Hall–Kier alpha value is -3.58. The number of aliphatic hydroxyl groups is 1. The van der Waals surface area contributed by atoms with E-state index in [0.29, 0.717) is 29.5 Å². The zero-order valence-electron chi connectivity index (χ0n) is 20.0. The lowest BCUT2D eigenvalue weighted by Gasteiger charge is -2.28. The van der Waals surface area contributed by atoms with Crippen molar-refractivity contribution in [3.8, 4) is 11.1 Å². The molecule has 35 heavy (non-hydrogen) atoms. The van der Waals surface area contributed by atoms with Crippen molar-refractivity contribution < 1.29 is 14.3 Å². The molecule has 1 amide bonds. The summed E-state index contributed by atoms with van der Waals surface area (Å²) in [7, 11) is 1.83. The monoisotopic (exact) mass is 472 g/mol. The molecule has 0 spiro atoms. The summed E-state index contributed by atoms with van der Waals surface area (Å²) in [5.74, 6) is -0.554.